The largest absolute Gasteiger partial charge is 0.364 e. The second-order valence-electron chi connectivity index (χ2n) is 8.70. The van der Waals surface area contributed by atoms with E-state index in [4.69, 9.17) is 11.6 Å². The third-order valence-corrected chi connectivity index (χ3v) is 6.83. The molecule has 2 aliphatic heterocycles. The van der Waals surface area contributed by atoms with Gasteiger partial charge in [-0.3, -0.25) is 9.69 Å². The summed E-state index contributed by atoms with van der Waals surface area (Å²) in [5, 5.41) is 0.651. The van der Waals surface area contributed by atoms with Gasteiger partial charge in [-0.15, -0.1) is 0 Å². The van der Waals surface area contributed by atoms with Crippen molar-refractivity contribution in [1.29, 1.82) is 0 Å². The van der Waals surface area contributed by atoms with Crippen LogP contribution in [0.3, 0.4) is 0 Å². The predicted octanol–water partition coefficient (Wildman–Crippen LogP) is 5.12. The van der Waals surface area contributed by atoms with Crippen LogP contribution in [0.1, 0.15) is 22.3 Å². The Morgan fingerprint density at radius 2 is 1.56 bits per heavy atom. The Labute approximate surface area is 195 Å². The van der Waals surface area contributed by atoms with E-state index in [1.54, 1.807) is 12.1 Å². The zero-order valence-electron chi connectivity index (χ0n) is 18.2. The van der Waals surface area contributed by atoms with E-state index in [-0.39, 0.29) is 5.78 Å². The van der Waals surface area contributed by atoms with Crippen molar-refractivity contribution in [3.63, 3.8) is 0 Å². The molecule has 4 nitrogen and oxygen atoms in total. The van der Waals surface area contributed by atoms with Gasteiger partial charge in [0.2, 0.25) is 0 Å². The summed E-state index contributed by atoms with van der Waals surface area (Å²) in [6.45, 7) is 5.34. The third kappa shape index (κ3) is 4.52. The van der Waals surface area contributed by atoms with Gasteiger partial charge in [-0.2, -0.15) is 0 Å². The molecule has 0 bridgehead atoms. The number of carbonyl (C=O) groups excluding carboxylic acids is 1. The molecule has 0 spiro atoms. The lowest BCUT2D eigenvalue weighted by Crippen LogP contribution is -2.52. The SMILES string of the molecule is O=C(CN1CCC2CN(Cc3ccccc3)CCN2c2ccccc21)c1ccc(Cl)cc1. The van der Waals surface area contributed by atoms with Gasteiger partial charge in [0.15, 0.2) is 5.78 Å². The Balaban J connectivity index is 1.34. The van der Waals surface area contributed by atoms with Gasteiger partial charge in [0.25, 0.3) is 0 Å². The van der Waals surface area contributed by atoms with Crippen LogP contribution in [0.15, 0.2) is 78.9 Å². The molecule has 0 amide bonds. The molecule has 3 aromatic carbocycles. The van der Waals surface area contributed by atoms with Gasteiger partial charge in [0, 0.05) is 49.4 Å². The number of rotatable bonds is 5. The normalized spacial score (nSPS) is 18.6. The average Bonchev–Trinajstić information content (AvgIpc) is 2.97. The Morgan fingerprint density at radius 3 is 2.34 bits per heavy atom. The van der Waals surface area contributed by atoms with Crippen LogP contribution in [-0.2, 0) is 6.54 Å². The van der Waals surface area contributed by atoms with Crippen LogP contribution in [0.5, 0.6) is 0 Å². The standard InChI is InChI=1S/C27H28ClN3O/c28-23-12-10-22(11-13-23)27(32)20-30-15-14-24-19-29(18-21-6-2-1-3-7-21)16-17-31(24)26-9-5-4-8-25(26)30/h1-13,24H,14-20H2. The van der Waals surface area contributed by atoms with E-state index in [0.29, 0.717) is 23.2 Å². The van der Waals surface area contributed by atoms with Crippen LogP contribution in [0.4, 0.5) is 11.4 Å². The van der Waals surface area contributed by atoms with Crippen LogP contribution >= 0.6 is 11.6 Å². The number of Topliss-reactive ketones (excluding diaryl/α,β-unsaturated/α-hetero) is 1. The fourth-order valence-electron chi connectivity index (χ4n) is 4.93. The zero-order valence-corrected chi connectivity index (χ0v) is 18.9. The van der Waals surface area contributed by atoms with E-state index in [2.05, 4.69) is 69.3 Å². The lowest BCUT2D eigenvalue weighted by molar-refractivity contribution is 0.0999. The minimum atomic E-state index is 0.127. The number of nitrogens with zero attached hydrogens (tertiary/aromatic N) is 3. The molecule has 3 aromatic rings. The molecule has 1 fully saturated rings. The second kappa shape index (κ2) is 9.35. The summed E-state index contributed by atoms with van der Waals surface area (Å²) in [6.07, 6.45) is 1.04. The van der Waals surface area contributed by atoms with Gasteiger partial charge in [-0.1, -0.05) is 54.1 Å². The maximum absolute atomic E-state index is 13.0. The Bertz CT molecular complexity index is 1070. The Kier molecular flexibility index (Phi) is 6.15. The summed E-state index contributed by atoms with van der Waals surface area (Å²) in [5.41, 5.74) is 4.49. The molecule has 0 aliphatic carbocycles. The minimum absolute atomic E-state index is 0.127. The topological polar surface area (TPSA) is 26.8 Å². The zero-order chi connectivity index (χ0) is 21.9. The number of piperazine rings is 1. The van der Waals surface area contributed by atoms with Crippen molar-refractivity contribution in [2.24, 2.45) is 0 Å². The first-order valence-corrected chi connectivity index (χ1v) is 11.7. The number of para-hydroxylation sites is 2. The lowest BCUT2D eigenvalue weighted by atomic mass is 10.1. The van der Waals surface area contributed by atoms with Gasteiger partial charge in [0.05, 0.1) is 17.9 Å². The molecular formula is C27H28ClN3O. The van der Waals surface area contributed by atoms with Crippen molar-refractivity contribution in [3.8, 4) is 0 Å². The lowest BCUT2D eigenvalue weighted by Gasteiger charge is -2.42. The van der Waals surface area contributed by atoms with Crippen molar-refractivity contribution in [1.82, 2.24) is 4.90 Å². The number of ketones is 1. The fourth-order valence-corrected chi connectivity index (χ4v) is 5.06. The van der Waals surface area contributed by atoms with Gasteiger partial charge < -0.3 is 9.80 Å². The van der Waals surface area contributed by atoms with Crippen molar-refractivity contribution >= 4 is 28.8 Å². The molecule has 0 saturated carbocycles. The van der Waals surface area contributed by atoms with Crippen LogP contribution in [0.2, 0.25) is 5.02 Å². The van der Waals surface area contributed by atoms with E-state index < -0.39 is 0 Å². The Morgan fingerprint density at radius 1 is 0.844 bits per heavy atom. The van der Waals surface area contributed by atoms with E-state index in [1.165, 1.54) is 11.3 Å². The number of hydrogen-bond donors (Lipinski definition) is 0. The van der Waals surface area contributed by atoms with Gasteiger partial charge >= 0.3 is 0 Å². The predicted molar refractivity (Wildman–Crippen MR) is 132 cm³/mol. The van der Waals surface area contributed by atoms with Gasteiger partial charge in [-0.25, -0.2) is 0 Å². The molecule has 0 aromatic heterocycles. The highest BCUT2D eigenvalue weighted by Crippen LogP contribution is 2.36. The number of hydrogen-bond acceptors (Lipinski definition) is 4. The monoisotopic (exact) mass is 445 g/mol. The smallest absolute Gasteiger partial charge is 0.182 e. The van der Waals surface area contributed by atoms with E-state index in [1.807, 2.05) is 12.1 Å². The van der Waals surface area contributed by atoms with Crippen molar-refractivity contribution in [2.45, 2.75) is 19.0 Å². The van der Waals surface area contributed by atoms with Crippen LogP contribution in [0, 0.1) is 0 Å². The minimum Gasteiger partial charge on any atom is -0.364 e. The fraction of sp³-hybridized carbons (Fsp3) is 0.296. The quantitative estimate of drug-likeness (QED) is 0.509. The summed E-state index contributed by atoms with van der Waals surface area (Å²) in [5.74, 6) is 0.127. The highest BCUT2D eigenvalue weighted by atomic mass is 35.5. The first kappa shape index (κ1) is 21.0. The first-order valence-electron chi connectivity index (χ1n) is 11.3. The van der Waals surface area contributed by atoms with Crippen LogP contribution in [0.25, 0.3) is 0 Å². The van der Waals surface area contributed by atoms with Crippen LogP contribution in [-0.4, -0.2) is 49.4 Å². The highest BCUT2D eigenvalue weighted by molar-refractivity contribution is 6.30. The van der Waals surface area contributed by atoms with Crippen molar-refractivity contribution < 1.29 is 4.79 Å². The maximum atomic E-state index is 13.0. The van der Waals surface area contributed by atoms with Gasteiger partial charge in [0.1, 0.15) is 0 Å². The number of anilines is 2. The number of fused-ring (bicyclic) bond motifs is 3. The molecule has 32 heavy (non-hydrogen) atoms. The maximum Gasteiger partial charge on any atom is 0.182 e. The first-order chi connectivity index (χ1) is 15.7. The summed E-state index contributed by atoms with van der Waals surface area (Å²) in [6, 6.07) is 26.9. The second-order valence-corrected chi connectivity index (χ2v) is 9.13. The average molecular weight is 446 g/mol. The molecule has 5 rings (SSSR count). The Hall–Kier alpha value is -2.82. The molecular weight excluding hydrogens is 418 g/mol. The molecule has 0 N–H and O–H groups in total. The van der Waals surface area contributed by atoms with E-state index >= 15 is 0 Å². The van der Waals surface area contributed by atoms with Crippen molar-refractivity contribution in [2.75, 3.05) is 42.5 Å². The summed E-state index contributed by atoms with van der Waals surface area (Å²) >= 11 is 6.00. The molecule has 1 atom stereocenters. The van der Waals surface area contributed by atoms with Crippen LogP contribution < -0.4 is 9.80 Å². The molecule has 1 saturated heterocycles. The molecule has 2 aliphatic rings. The molecule has 0 radical (unpaired) electrons. The highest BCUT2D eigenvalue weighted by Gasteiger charge is 2.32. The summed E-state index contributed by atoms with van der Waals surface area (Å²) < 4.78 is 0. The molecule has 164 valence electrons. The van der Waals surface area contributed by atoms with Gasteiger partial charge in [-0.05, 0) is 48.4 Å². The van der Waals surface area contributed by atoms with E-state index in [0.717, 1.165) is 44.8 Å². The molecule has 5 heteroatoms. The third-order valence-electron chi connectivity index (χ3n) is 6.58. The number of carbonyl (C=O) groups is 1. The number of benzene rings is 3. The molecule has 1 unspecified atom stereocenters. The number of halogens is 1. The van der Waals surface area contributed by atoms with E-state index in [9.17, 15) is 4.79 Å². The molecule has 2 heterocycles. The van der Waals surface area contributed by atoms with Crippen molar-refractivity contribution in [3.05, 3.63) is 95.0 Å². The summed E-state index contributed by atoms with van der Waals surface area (Å²) in [7, 11) is 0. The summed E-state index contributed by atoms with van der Waals surface area (Å²) in [4.78, 5) is 20.4.